The number of aliphatic carboxylic acids is 1. The fraction of sp³-hybridized carbons (Fsp3) is 0.875. The van der Waals surface area contributed by atoms with Crippen LogP contribution >= 0.6 is 20.3 Å². The predicted molar refractivity (Wildman–Crippen MR) is 66.6 cm³/mol. The van der Waals surface area contributed by atoms with Gasteiger partial charge in [0.25, 0.3) is 0 Å². The van der Waals surface area contributed by atoms with Crippen molar-refractivity contribution in [2.45, 2.75) is 6.18 Å². The summed E-state index contributed by atoms with van der Waals surface area (Å²) in [4.78, 5) is 8.78. The van der Waals surface area contributed by atoms with Crippen molar-refractivity contribution >= 4 is 26.3 Å². The van der Waals surface area contributed by atoms with Gasteiger partial charge in [-0.05, 0) is 0 Å². The molecule has 0 fully saturated rings. The number of carboxylic acid groups (broad SMARTS) is 1. The van der Waals surface area contributed by atoms with E-state index in [9.17, 15) is 13.2 Å². The third-order valence-corrected chi connectivity index (χ3v) is 1.35. The SMILES string of the molecule is NCCNCCNCCN.O=C([O-])C(F)(F)F.[Cl][Co+][Cl]. The molecule has 0 aromatic rings. The van der Waals surface area contributed by atoms with E-state index in [1.54, 1.807) is 0 Å². The second kappa shape index (κ2) is 19.2. The van der Waals surface area contributed by atoms with E-state index in [4.69, 9.17) is 41.7 Å². The number of carbonyl (C=O) groups excluding carboxylic acids is 1. The zero-order valence-corrected chi connectivity index (χ0v) is 13.0. The summed E-state index contributed by atoms with van der Waals surface area (Å²) in [6.07, 6.45) is -5.19. The zero-order chi connectivity index (χ0) is 16.4. The van der Waals surface area contributed by atoms with Crippen molar-refractivity contribution in [1.82, 2.24) is 10.6 Å². The molecule has 0 aromatic heterocycles. The van der Waals surface area contributed by atoms with Gasteiger partial charge in [-0.3, -0.25) is 0 Å². The molecule has 0 aliphatic heterocycles. The number of alkyl halides is 3. The Bertz CT molecular complexity index is 209. The Morgan fingerprint density at radius 3 is 1.45 bits per heavy atom. The van der Waals surface area contributed by atoms with Gasteiger partial charge in [0.05, 0.1) is 0 Å². The number of carboxylic acids is 1. The Balaban J connectivity index is -0.000000251. The van der Waals surface area contributed by atoms with Gasteiger partial charge in [0.1, 0.15) is 5.97 Å². The molecular weight excluding hydrogens is 371 g/mol. The topological polar surface area (TPSA) is 116 Å². The van der Waals surface area contributed by atoms with Crippen molar-refractivity contribution in [3.05, 3.63) is 0 Å². The van der Waals surface area contributed by atoms with E-state index in [1.807, 2.05) is 0 Å². The number of halogens is 5. The third kappa shape index (κ3) is 30.9. The van der Waals surface area contributed by atoms with E-state index < -0.39 is 12.1 Å². The van der Waals surface area contributed by atoms with E-state index >= 15 is 0 Å². The fourth-order valence-corrected chi connectivity index (χ4v) is 0.631. The fourth-order valence-electron chi connectivity index (χ4n) is 0.631. The van der Waals surface area contributed by atoms with Crippen molar-refractivity contribution in [1.29, 1.82) is 0 Å². The molecule has 0 unspecified atom stereocenters. The average molecular weight is 389 g/mol. The van der Waals surface area contributed by atoms with E-state index in [0.717, 1.165) is 26.2 Å². The molecule has 0 aliphatic carbocycles. The van der Waals surface area contributed by atoms with Gasteiger partial charge in [0.15, 0.2) is 0 Å². The van der Waals surface area contributed by atoms with Gasteiger partial charge >= 0.3 is 39.4 Å². The van der Waals surface area contributed by atoms with Crippen LogP contribution in [0.25, 0.3) is 0 Å². The molecule has 0 bridgehead atoms. The second-order valence-electron chi connectivity index (χ2n) is 2.91. The molecular formula is C8H18Cl2CoF3N4O2. The van der Waals surface area contributed by atoms with Crippen LogP contribution in [-0.4, -0.2) is 51.4 Å². The van der Waals surface area contributed by atoms with Gasteiger partial charge in [-0.15, -0.1) is 0 Å². The van der Waals surface area contributed by atoms with Crippen molar-refractivity contribution in [3.63, 3.8) is 0 Å². The molecule has 0 spiro atoms. The molecule has 20 heavy (non-hydrogen) atoms. The van der Waals surface area contributed by atoms with Crippen molar-refractivity contribution in [2.24, 2.45) is 11.5 Å². The van der Waals surface area contributed by atoms with Crippen LogP contribution in [0.2, 0.25) is 0 Å². The summed E-state index contributed by atoms with van der Waals surface area (Å²) in [7, 11) is 9.47. The van der Waals surface area contributed by atoms with Crippen LogP contribution < -0.4 is 27.2 Å². The Labute approximate surface area is 130 Å². The minimum absolute atomic E-state index is 0.382. The number of rotatable bonds is 7. The molecule has 6 N–H and O–H groups in total. The van der Waals surface area contributed by atoms with E-state index in [-0.39, 0.29) is 0 Å². The average Bonchev–Trinajstić information content (AvgIpc) is 2.34. The van der Waals surface area contributed by atoms with Gasteiger partial charge in [-0.1, -0.05) is 0 Å². The Hall–Kier alpha value is 0.186. The van der Waals surface area contributed by atoms with Crippen molar-refractivity contribution in [2.75, 3.05) is 39.3 Å². The molecule has 0 amide bonds. The summed E-state index contributed by atoms with van der Waals surface area (Å²) in [5.41, 5.74) is 10.5. The molecule has 6 nitrogen and oxygen atoms in total. The van der Waals surface area contributed by atoms with E-state index in [0.29, 0.717) is 26.0 Å². The molecule has 126 valence electrons. The van der Waals surface area contributed by atoms with Gasteiger partial charge in [0.2, 0.25) is 0 Å². The van der Waals surface area contributed by atoms with Crippen LogP contribution in [0, 0.1) is 0 Å². The number of nitrogens with one attached hydrogen (secondary N) is 2. The van der Waals surface area contributed by atoms with Crippen LogP contribution in [0.5, 0.6) is 0 Å². The van der Waals surface area contributed by atoms with Crippen molar-refractivity contribution in [3.8, 4) is 0 Å². The Kier molecular flexibility index (Phi) is 24.1. The molecule has 0 heterocycles. The standard InChI is InChI=1S/C6H18N4.C2HF3O2.2ClH.Co/c7-1-3-9-5-6-10-4-2-8;3-2(4,5)1(6)7;;;/h9-10H,1-8H2;(H,6,7);2*1H;/q;;;;+3/p-3. The van der Waals surface area contributed by atoms with Gasteiger partial charge in [-0.2, -0.15) is 13.2 Å². The number of hydrogen-bond acceptors (Lipinski definition) is 6. The molecule has 0 aromatic carbocycles. The molecule has 12 heteroatoms. The van der Waals surface area contributed by atoms with Crippen LogP contribution in [0.15, 0.2) is 0 Å². The first kappa shape index (κ1) is 25.2. The molecule has 0 atom stereocenters. The summed E-state index contributed by atoms with van der Waals surface area (Å²) >= 11 is 0.382. The maximum absolute atomic E-state index is 10.5. The van der Waals surface area contributed by atoms with Gasteiger partial charge in [0, 0.05) is 39.3 Å². The third-order valence-electron chi connectivity index (χ3n) is 1.35. The van der Waals surface area contributed by atoms with E-state index in [2.05, 4.69) is 10.6 Å². The quantitative estimate of drug-likeness (QED) is 0.405. The summed E-state index contributed by atoms with van der Waals surface area (Å²) in [6.45, 7) is 5.14. The summed E-state index contributed by atoms with van der Waals surface area (Å²) in [6, 6.07) is 0. The Morgan fingerprint density at radius 2 is 1.30 bits per heavy atom. The number of hydrogen-bond donors (Lipinski definition) is 4. The second-order valence-corrected chi connectivity index (χ2v) is 4.63. The normalized spacial score (nSPS) is 10.2. The monoisotopic (exact) mass is 388 g/mol. The van der Waals surface area contributed by atoms with Gasteiger partial charge in [-0.25, -0.2) is 0 Å². The first-order chi connectivity index (χ1) is 9.27. The number of carbonyl (C=O) groups is 1. The van der Waals surface area contributed by atoms with Crippen LogP contribution in [-0.2, 0) is 17.7 Å². The van der Waals surface area contributed by atoms with Gasteiger partial charge < -0.3 is 32.0 Å². The van der Waals surface area contributed by atoms with Crippen LogP contribution in [0.3, 0.4) is 0 Å². The zero-order valence-electron chi connectivity index (χ0n) is 10.4. The molecule has 0 saturated carbocycles. The summed E-state index contributed by atoms with van der Waals surface area (Å²) in [5, 5.41) is 15.1. The molecule has 0 rings (SSSR count). The van der Waals surface area contributed by atoms with Crippen molar-refractivity contribution < 1.29 is 36.0 Å². The Morgan fingerprint density at radius 1 is 1.05 bits per heavy atom. The molecule has 0 aliphatic rings. The first-order valence-electron chi connectivity index (χ1n) is 5.21. The molecule has 0 radical (unpaired) electrons. The van der Waals surface area contributed by atoms with Crippen LogP contribution in [0.4, 0.5) is 13.2 Å². The first-order valence-corrected chi connectivity index (χ1v) is 8.07. The predicted octanol–water partition coefficient (Wildman–Crippen LogP) is -1.24. The molecule has 0 saturated heterocycles. The number of nitrogens with two attached hydrogens (primary N) is 2. The van der Waals surface area contributed by atoms with E-state index in [1.165, 1.54) is 0 Å². The van der Waals surface area contributed by atoms with Crippen LogP contribution in [0.1, 0.15) is 0 Å². The summed E-state index contributed by atoms with van der Waals surface area (Å²) in [5.74, 6) is -3.01. The minimum atomic E-state index is -5.19. The summed E-state index contributed by atoms with van der Waals surface area (Å²) < 4.78 is 31.5. The maximum atomic E-state index is 10.5.